The summed E-state index contributed by atoms with van der Waals surface area (Å²) in [5.41, 5.74) is 0. The van der Waals surface area contributed by atoms with E-state index in [1.807, 2.05) is 0 Å². The Labute approximate surface area is 268 Å². The third kappa shape index (κ3) is 6.94. The van der Waals surface area contributed by atoms with E-state index in [0.717, 1.165) is 23.9 Å². The van der Waals surface area contributed by atoms with Crippen molar-refractivity contribution in [2.45, 2.75) is 108 Å². The summed E-state index contributed by atoms with van der Waals surface area (Å²) in [6, 6.07) is 35.5. The van der Waals surface area contributed by atoms with Crippen LogP contribution in [-0.2, 0) is 17.7 Å². The number of benzene rings is 3. The van der Waals surface area contributed by atoms with Gasteiger partial charge in [0.25, 0.3) is 0 Å². The van der Waals surface area contributed by atoms with Crippen molar-refractivity contribution in [1.29, 1.82) is 0 Å². The second kappa shape index (κ2) is 12.7. The molecule has 2 saturated carbocycles. The van der Waals surface area contributed by atoms with E-state index in [4.69, 9.17) is 17.7 Å². The highest BCUT2D eigenvalue weighted by molar-refractivity contribution is 7.00. The first-order chi connectivity index (χ1) is 21.3. The molecule has 7 rings (SSSR count). The van der Waals surface area contributed by atoms with Crippen LogP contribution in [0, 0.1) is 11.8 Å². The minimum Gasteiger partial charge on any atom is -0.429 e. The molecule has 8 unspecified atom stereocenters. The number of hydrogen-bond donors (Lipinski definition) is 0. The lowest BCUT2D eigenvalue weighted by Crippen LogP contribution is -2.67. The highest BCUT2D eigenvalue weighted by Crippen LogP contribution is 2.43. The van der Waals surface area contributed by atoms with Gasteiger partial charge in [0.2, 0.25) is 16.6 Å². The lowest BCUT2D eigenvalue weighted by Gasteiger charge is -2.44. The monoisotopic (exact) mass is 642 g/mol. The van der Waals surface area contributed by atoms with Gasteiger partial charge in [-0.1, -0.05) is 104 Å². The molecular weight excluding hydrogens is 593 g/mol. The summed E-state index contributed by atoms with van der Waals surface area (Å²) < 4.78 is 27.4. The van der Waals surface area contributed by atoms with Gasteiger partial charge < -0.3 is 17.7 Å². The third-order valence-corrected chi connectivity index (χ3v) is 24.9. The fourth-order valence-electron chi connectivity index (χ4n) is 8.29. The van der Waals surface area contributed by atoms with Gasteiger partial charge in [0.05, 0.1) is 24.4 Å². The molecule has 3 aromatic rings. The Morgan fingerprint density at radius 2 is 0.909 bits per heavy atom. The highest BCUT2D eigenvalue weighted by Gasteiger charge is 2.51. The molecule has 3 aromatic carbocycles. The van der Waals surface area contributed by atoms with Gasteiger partial charge in [-0.2, -0.15) is 0 Å². The van der Waals surface area contributed by atoms with E-state index < -0.39 is 25.2 Å². The molecule has 0 amide bonds. The first-order valence-electron chi connectivity index (χ1n) is 17.2. The lowest BCUT2D eigenvalue weighted by atomic mass is 9.88. The standard InChI is InChI=1S/C37H50O4Si3/c1-42(31-13-7-4-8-14-31,25-23-29-19-21-34-36(27-29)38-34)40-44(3,33-17-11-6-12-18-33)41-43(2,32-15-9-5-10-16-32)26-24-30-20-22-35-37(28-30)39-35/h4-18,29-30,34-37H,19-28H2,1-3H3. The normalized spacial score (nSPS) is 31.4. The third-order valence-electron chi connectivity index (χ3n) is 11.2. The summed E-state index contributed by atoms with van der Waals surface area (Å²) in [5, 5.41) is 4.03. The van der Waals surface area contributed by atoms with E-state index in [2.05, 4.69) is 111 Å². The summed E-state index contributed by atoms with van der Waals surface area (Å²) >= 11 is 0. The zero-order chi connectivity index (χ0) is 30.2. The quantitative estimate of drug-likeness (QED) is 0.151. The van der Waals surface area contributed by atoms with E-state index in [1.54, 1.807) is 0 Å². The molecule has 2 aliphatic heterocycles. The lowest BCUT2D eigenvalue weighted by molar-refractivity contribution is 0.348. The summed E-state index contributed by atoms with van der Waals surface area (Å²) in [6.45, 7) is 7.29. The average Bonchev–Trinajstić information content (AvgIpc) is 3.99. The van der Waals surface area contributed by atoms with E-state index >= 15 is 0 Å². The SMILES string of the molecule is C[Si](CCC1CCC2OC2C1)(O[Si](C)(O[Si](C)(CCC1CCC2OC2C1)c1ccccc1)c1ccccc1)c1ccccc1. The molecule has 0 aromatic heterocycles. The maximum Gasteiger partial charge on any atom is 0.349 e. The molecule has 2 saturated heterocycles. The van der Waals surface area contributed by atoms with Gasteiger partial charge >= 0.3 is 8.56 Å². The fraction of sp³-hybridized carbons (Fsp3) is 0.514. The topological polar surface area (TPSA) is 43.5 Å². The van der Waals surface area contributed by atoms with Crippen molar-refractivity contribution < 1.29 is 17.7 Å². The predicted molar refractivity (Wildman–Crippen MR) is 186 cm³/mol. The molecule has 2 aliphatic carbocycles. The van der Waals surface area contributed by atoms with Crippen molar-refractivity contribution in [3.8, 4) is 0 Å². The zero-order valence-electron chi connectivity index (χ0n) is 26.8. The Kier molecular flexibility index (Phi) is 8.92. The largest absolute Gasteiger partial charge is 0.429 e. The first kappa shape index (κ1) is 30.8. The molecule has 7 heteroatoms. The van der Waals surface area contributed by atoms with Crippen LogP contribution in [0.15, 0.2) is 91.0 Å². The van der Waals surface area contributed by atoms with Crippen molar-refractivity contribution in [3.05, 3.63) is 91.0 Å². The van der Waals surface area contributed by atoms with Crippen LogP contribution in [0.2, 0.25) is 31.7 Å². The van der Waals surface area contributed by atoms with Gasteiger partial charge in [-0.3, -0.25) is 0 Å². The number of ether oxygens (including phenoxy) is 2. The van der Waals surface area contributed by atoms with Crippen molar-refractivity contribution in [3.63, 3.8) is 0 Å². The van der Waals surface area contributed by atoms with E-state index in [0.29, 0.717) is 24.4 Å². The van der Waals surface area contributed by atoms with Crippen LogP contribution in [0.1, 0.15) is 51.4 Å². The second-order valence-electron chi connectivity index (χ2n) is 14.6. The number of fused-ring (bicyclic) bond motifs is 2. The molecule has 0 radical (unpaired) electrons. The van der Waals surface area contributed by atoms with E-state index in [9.17, 15) is 0 Å². The van der Waals surface area contributed by atoms with Crippen LogP contribution >= 0.6 is 0 Å². The summed E-state index contributed by atoms with van der Waals surface area (Å²) in [5.74, 6) is 1.47. The Hall–Kier alpha value is -1.85. The molecule has 0 bridgehead atoms. The second-order valence-corrected chi connectivity index (χ2v) is 25.8. The predicted octanol–water partition coefficient (Wildman–Crippen LogP) is 6.88. The van der Waals surface area contributed by atoms with Crippen LogP contribution in [0.5, 0.6) is 0 Å². The number of hydrogen-bond acceptors (Lipinski definition) is 4. The van der Waals surface area contributed by atoms with Gasteiger partial charge in [-0.25, -0.2) is 0 Å². The molecule has 4 nitrogen and oxygen atoms in total. The maximum atomic E-state index is 7.80. The highest BCUT2D eigenvalue weighted by atomic mass is 28.5. The molecule has 2 heterocycles. The summed E-state index contributed by atoms with van der Waals surface area (Å²) in [4.78, 5) is 0. The van der Waals surface area contributed by atoms with Crippen molar-refractivity contribution in [1.82, 2.24) is 0 Å². The van der Waals surface area contributed by atoms with Crippen LogP contribution in [0.3, 0.4) is 0 Å². The number of rotatable bonds is 13. The Balaban J connectivity index is 1.19. The van der Waals surface area contributed by atoms with Gasteiger partial charge in [0.15, 0.2) is 0 Å². The van der Waals surface area contributed by atoms with Gasteiger partial charge in [-0.05, 0) is 97.7 Å². The molecule has 0 N–H and O–H groups in total. The van der Waals surface area contributed by atoms with Crippen LogP contribution in [0.4, 0.5) is 0 Å². The van der Waals surface area contributed by atoms with Crippen molar-refractivity contribution >= 4 is 40.8 Å². The summed E-state index contributed by atoms with van der Waals surface area (Å²) in [6.07, 6.45) is 12.0. The number of epoxide rings is 2. The molecule has 234 valence electrons. The van der Waals surface area contributed by atoms with Crippen LogP contribution in [-0.4, -0.2) is 49.6 Å². The Morgan fingerprint density at radius 1 is 0.523 bits per heavy atom. The maximum absolute atomic E-state index is 7.80. The van der Waals surface area contributed by atoms with Gasteiger partial charge in [-0.15, -0.1) is 0 Å². The van der Waals surface area contributed by atoms with E-state index in [1.165, 1.54) is 66.9 Å². The zero-order valence-corrected chi connectivity index (χ0v) is 29.8. The minimum atomic E-state index is -2.87. The van der Waals surface area contributed by atoms with Crippen molar-refractivity contribution in [2.75, 3.05) is 0 Å². The molecule has 4 fully saturated rings. The molecule has 0 spiro atoms. The van der Waals surface area contributed by atoms with Gasteiger partial charge in [0, 0.05) is 0 Å². The smallest absolute Gasteiger partial charge is 0.349 e. The van der Waals surface area contributed by atoms with E-state index in [-0.39, 0.29) is 0 Å². The molecule has 8 atom stereocenters. The molecule has 4 aliphatic rings. The molecular formula is C37H50O4Si3. The van der Waals surface area contributed by atoms with Gasteiger partial charge in [0.1, 0.15) is 0 Å². The van der Waals surface area contributed by atoms with Crippen LogP contribution in [0.25, 0.3) is 0 Å². The molecule has 44 heavy (non-hydrogen) atoms. The Bertz CT molecular complexity index is 1290. The van der Waals surface area contributed by atoms with Crippen molar-refractivity contribution in [2.24, 2.45) is 11.8 Å². The average molecular weight is 643 g/mol. The summed E-state index contributed by atoms with van der Waals surface area (Å²) in [7, 11) is -7.66. The first-order valence-corrected chi connectivity index (χ1v) is 24.7. The minimum absolute atomic E-state index is 0.519. The Morgan fingerprint density at radius 3 is 1.30 bits per heavy atom. The van der Waals surface area contributed by atoms with Crippen LogP contribution < -0.4 is 15.6 Å². The fourth-order valence-corrected chi connectivity index (χ4v) is 23.5.